The number of carbonyl (C=O) groups excluding carboxylic acids is 1. The Morgan fingerprint density at radius 1 is 0.943 bits per heavy atom. The number of furan rings is 2. The Labute approximate surface area is 206 Å². The number of aryl methyl sites for hydroxylation is 2. The maximum Gasteiger partial charge on any atom is 0.251 e. The molecule has 0 atom stereocenters. The number of amides is 1. The predicted molar refractivity (Wildman–Crippen MR) is 142 cm³/mol. The highest BCUT2D eigenvalue weighted by Gasteiger charge is 2.20. The van der Waals surface area contributed by atoms with Crippen molar-refractivity contribution < 1.29 is 9.21 Å². The summed E-state index contributed by atoms with van der Waals surface area (Å²) >= 11 is 6.42. The molecule has 6 heteroatoms. The molecule has 0 aliphatic heterocycles. The number of pyridine rings is 1. The van der Waals surface area contributed by atoms with Crippen molar-refractivity contribution in [1.29, 1.82) is 0 Å². The molecular weight excluding hydrogens is 458 g/mol. The second-order valence-corrected chi connectivity index (χ2v) is 9.28. The van der Waals surface area contributed by atoms with E-state index in [4.69, 9.17) is 21.8 Å². The van der Waals surface area contributed by atoms with Gasteiger partial charge in [-0.25, -0.2) is 4.98 Å². The number of carbonyl (C=O) groups is 1. The first kappa shape index (κ1) is 21.4. The number of hydrogen-bond donors (Lipinski definition) is 2. The normalized spacial score (nSPS) is 11.6. The first-order valence-corrected chi connectivity index (χ1v) is 11.8. The van der Waals surface area contributed by atoms with E-state index >= 15 is 0 Å². The molecule has 172 valence electrons. The Bertz CT molecular complexity index is 1750. The monoisotopic (exact) mass is 479 g/mol. The minimum absolute atomic E-state index is 0.147. The highest BCUT2D eigenvalue weighted by molar-refractivity contribution is 6.33. The fraction of sp³-hybridized carbons (Fsp3) is 0.103. The molecule has 0 saturated heterocycles. The summed E-state index contributed by atoms with van der Waals surface area (Å²) in [5.74, 6) is 0.337. The van der Waals surface area contributed by atoms with Crippen molar-refractivity contribution in [3.8, 4) is 11.1 Å². The van der Waals surface area contributed by atoms with Crippen LogP contribution in [-0.2, 0) is 6.54 Å². The molecule has 0 radical (unpaired) electrons. The van der Waals surface area contributed by atoms with Crippen molar-refractivity contribution in [3.05, 3.63) is 94.1 Å². The third kappa shape index (κ3) is 3.47. The standard InChI is InChI=1S/C29H22ClN3O2/c1-15-11-26(31)33-16(2)24(15)14-32-29(34)18-8-10-21-23(13-18)28-20-9-7-17(12-22(20)27(21)35-28)19-5-3-4-6-25(19)30/h3-13H,14H2,1-2H3,(H2,31,33)(H,32,34). The van der Waals surface area contributed by atoms with Crippen molar-refractivity contribution in [2.45, 2.75) is 20.4 Å². The van der Waals surface area contributed by atoms with Gasteiger partial charge in [-0.3, -0.25) is 4.79 Å². The van der Waals surface area contributed by atoms with Crippen LogP contribution in [0.25, 0.3) is 43.8 Å². The van der Waals surface area contributed by atoms with Crippen molar-refractivity contribution in [2.24, 2.45) is 0 Å². The van der Waals surface area contributed by atoms with Crippen molar-refractivity contribution in [3.63, 3.8) is 0 Å². The van der Waals surface area contributed by atoms with E-state index in [1.165, 1.54) is 0 Å². The quantitative estimate of drug-likeness (QED) is 0.266. The fourth-order valence-corrected chi connectivity index (χ4v) is 5.15. The zero-order valence-electron chi connectivity index (χ0n) is 19.3. The molecule has 0 spiro atoms. The number of nitrogens with zero attached hydrogens (tertiary/aromatic N) is 1. The topological polar surface area (TPSA) is 81.1 Å². The predicted octanol–water partition coefficient (Wildman–Crippen LogP) is 7.02. The first-order chi connectivity index (χ1) is 16.9. The molecule has 6 aromatic rings. The minimum Gasteiger partial charge on any atom is -0.455 e. The Morgan fingerprint density at radius 3 is 2.40 bits per heavy atom. The van der Waals surface area contributed by atoms with Crippen LogP contribution in [0.2, 0.25) is 5.02 Å². The number of nitrogens with one attached hydrogen (secondary N) is 1. The maximum atomic E-state index is 13.0. The Kier molecular flexibility index (Phi) is 4.90. The molecule has 6 rings (SSSR count). The van der Waals surface area contributed by atoms with Gasteiger partial charge in [0.2, 0.25) is 0 Å². The molecule has 0 aliphatic rings. The van der Waals surface area contributed by atoms with Gasteiger partial charge in [0.05, 0.1) is 0 Å². The smallest absolute Gasteiger partial charge is 0.251 e. The van der Waals surface area contributed by atoms with Crippen LogP contribution in [0.15, 0.2) is 71.1 Å². The van der Waals surface area contributed by atoms with Gasteiger partial charge in [-0.1, -0.05) is 35.9 Å². The van der Waals surface area contributed by atoms with E-state index in [0.717, 1.165) is 60.7 Å². The number of benzene rings is 4. The summed E-state index contributed by atoms with van der Waals surface area (Å²) in [4.78, 5) is 17.3. The lowest BCUT2D eigenvalue weighted by Crippen LogP contribution is -2.24. The summed E-state index contributed by atoms with van der Waals surface area (Å²) in [5.41, 5.74) is 12.8. The highest BCUT2D eigenvalue weighted by atomic mass is 35.5. The summed E-state index contributed by atoms with van der Waals surface area (Å²) in [5, 5.41) is 7.73. The van der Waals surface area contributed by atoms with Gasteiger partial charge in [-0.15, -0.1) is 0 Å². The molecule has 3 N–H and O–H groups in total. The van der Waals surface area contributed by atoms with Gasteiger partial charge in [0.1, 0.15) is 17.0 Å². The second-order valence-electron chi connectivity index (χ2n) is 8.87. The fourth-order valence-electron chi connectivity index (χ4n) is 4.90. The lowest BCUT2D eigenvalue weighted by atomic mass is 9.97. The van der Waals surface area contributed by atoms with Gasteiger partial charge in [-0.05, 0) is 73.0 Å². The molecule has 3 aromatic heterocycles. The number of nitrogens with two attached hydrogens (primary N) is 1. The van der Waals surface area contributed by atoms with Gasteiger partial charge >= 0.3 is 0 Å². The average Bonchev–Trinajstić information content (AvgIpc) is 3.40. The second kappa shape index (κ2) is 8.00. The third-order valence-electron chi connectivity index (χ3n) is 6.67. The van der Waals surface area contributed by atoms with Gasteiger partial charge in [-0.2, -0.15) is 0 Å². The minimum atomic E-state index is -0.147. The maximum absolute atomic E-state index is 13.0. The lowest BCUT2D eigenvalue weighted by molar-refractivity contribution is 0.0951. The van der Waals surface area contributed by atoms with Gasteiger partial charge in [0.15, 0.2) is 0 Å². The number of anilines is 1. The molecule has 0 aliphatic carbocycles. The van der Waals surface area contributed by atoms with Gasteiger partial charge in [0, 0.05) is 49.9 Å². The Morgan fingerprint density at radius 2 is 1.66 bits per heavy atom. The summed E-state index contributed by atoms with van der Waals surface area (Å²) < 4.78 is 6.19. The Hall–Kier alpha value is -4.09. The summed E-state index contributed by atoms with van der Waals surface area (Å²) in [6, 6.07) is 21.6. The zero-order chi connectivity index (χ0) is 24.3. The molecule has 3 aromatic carbocycles. The van der Waals surface area contributed by atoms with E-state index < -0.39 is 0 Å². The van der Waals surface area contributed by atoms with Crippen LogP contribution in [0, 0.1) is 13.8 Å². The van der Waals surface area contributed by atoms with E-state index in [2.05, 4.69) is 28.5 Å². The summed E-state index contributed by atoms with van der Waals surface area (Å²) in [7, 11) is 0. The van der Waals surface area contributed by atoms with E-state index in [1.807, 2.05) is 62.4 Å². The Balaban J connectivity index is 1.34. The van der Waals surface area contributed by atoms with Crippen LogP contribution >= 0.6 is 11.6 Å². The van der Waals surface area contributed by atoms with Gasteiger partial charge < -0.3 is 15.5 Å². The van der Waals surface area contributed by atoms with Crippen LogP contribution < -0.4 is 11.1 Å². The number of rotatable bonds is 4. The van der Waals surface area contributed by atoms with Gasteiger partial charge in [0.25, 0.3) is 5.91 Å². The van der Waals surface area contributed by atoms with Crippen molar-refractivity contribution >= 4 is 56.0 Å². The molecule has 2 bridgehead atoms. The largest absolute Gasteiger partial charge is 0.455 e. The van der Waals surface area contributed by atoms with E-state index in [-0.39, 0.29) is 5.91 Å². The molecule has 0 unspecified atom stereocenters. The molecular formula is C29H22ClN3O2. The molecule has 0 saturated carbocycles. The van der Waals surface area contributed by atoms with E-state index in [9.17, 15) is 4.79 Å². The van der Waals surface area contributed by atoms with Crippen LogP contribution in [-0.4, -0.2) is 10.9 Å². The SMILES string of the molecule is Cc1cc(N)nc(C)c1CNC(=O)c1ccc2c(c1)c1oc2c2cc(-c3ccccc3Cl)ccc21. The number of nitrogen functional groups attached to an aromatic ring is 1. The molecule has 5 nitrogen and oxygen atoms in total. The van der Waals surface area contributed by atoms with Crippen LogP contribution in [0.1, 0.15) is 27.2 Å². The van der Waals surface area contributed by atoms with Crippen LogP contribution in [0.5, 0.6) is 0 Å². The lowest BCUT2D eigenvalue weighted by Gasteiger charge is -2.11. The van der Waals surface area contributed by atoms with Crippen molar-refractivity contribution in [2.75, 3.05) is 5.73 Å². The molecule has 0 fully saturated rings. The third-order valence-corrected chi connectivity index (χ3v) is 7.00. The zero-order valence-corrected chi connectivity index (χ0v) is 20.0. The number of fused-ring (bicyclic) bond motifs is 8. The van der Waals surface area contributed by atoms with E-state index in [1.54, 1.807) is 0 Å². The average molecular weight is 480 g/mol. The van der Waals surface area contributed by atoms with Crippen LogP contribution in [0.3, 0.4) is 0 Å². The number of halogens is 1. The molecule has 35 heavy (non-hydrogen) atoms. The molecule has 1 amide bonds. The first-order valence-electron chi connectivity index (χ1n) is 11.4. The summed E-state index contributed by atoms with van der Waals surface area (Å²) in [6.45, 7) is 4.26. The molecule has 3 heterocycles. The number of aromatic nitrogens is 1. The van der Waals surface area contributed by atoms with Crippen LogP contribution in [0.4, 0.5) is 5.82 Å². The highest BCUT2D eigenvalue weighted by Crippen LogP contribution is 2.42. The van der Waals surface area contributed by atoms with Crippen molar-refractivity contribution in [1.82, 2.24) is 10.3 Å². The summed E-state index contributed by atoms with van der Waals surface area (Å²) in [6.07, 6.45) is 0. The van der Waals surface area contributed by atoms with E-state index in [0.29, 0.717) is 22.9 Å². The number of hydrogen-bond acceptors (Lipinski definition) is 4.